The smallest absolute Gasteiger partial charge is 0.316 e. The first-order valence-corrected chi connectivity index (χ1v) is 19.4. The Kier molecular flexibility index (Phi) is 18.9. The number of carbonyl (C=O) groups is 2. The molecule has 0 spiro atoms. The van der Waals surface area contributed by atoms with Crippen LogP contribution in [0.5, 0.6) is 0 Å². The molecule has 0 amide bonds. The summed E-state index contributed by atoms with van der Waals surface area (Å²) in [5.74, 6) is -0.233. The van der Waals surface area contributed by atoms with Crippen LogP contribution in [0.2, 0.25) is 0 Å². The van der Waals surface area contributed by atoms with Crippen molar-refractivity contribution in [2.24, 2.45) is 0 Å². The zero-order chi connectivity index (χ0) is 36.7. The van der Waals surface area contributed by atoms with Crippen LogP contribution in [0.1, 0.15) is 29.7 Å². The molecular weight excluding hydrogens is 677 g/mol. The van der Waals surface area contributed by atoms with E-state index < -0.39 is 0 Å². The van der Waals surface area contributed by atoms with E-state index >= 15 is 0 Å². The number of benzene rings is 2. The average molecular weight is 728 g/mol. The second kappa shape index (κ2) is 23.7. The fraction of sp³-hybridized carbons (Fsp3) is 0.293. The zero-order valence-electron chi connectivity index (χ0n) is 30.2. The summed E-state index contributed by atoms with van der Waals surface area (Å²) in [4.78, 5) is 28.3. The van der Waals surface area contributed by atoms with Crippen molar-refractivity contribution in [2.75, 3.05) is 69.3 Å². The van der Waals surface area contributed by atoms with E-state index in [1.54, 1.807) is 0 Å². The summed E-state index contributed by atoms with van der Waals surface area (Å²) in [6.45, 7) is 6.13. The van der Waals surface area contributed by atoms with Crippen molar-refractivity contribution in [2.45, 2.75) is 19.4 Å². The summed E-state index contributed by atoms with van der Waals surface area (Å²) in [6, 6.07) is 22.8. The van der Waals surface area contributed by atoms with E-state index in [1.165, 1.54) is 27.3 Å². The van der Waals surface area contributed by atoms with Gasteiger partial charge in [-0.05, 0) is 71.8 Å². The van der Waals surface area contributed by atoms with Gasteiger partial charge in [-0.25, -0.2) is 0 Å². The van der Waals surface area contributed by atoms with Crippen LogP contribution in [0, 0.1) is 0 Å². The predicted octanol–water partition coefficient (Wildman–Crippen LogP) is 7.45. The Morgan fingerprint density at radius 2 is 1.33 bits per heavy atom. The first-order chi connectivity index (χ1) is 24.7. The van der Waals surface area contributed by atoms with Crippen LogP contribution in [0.25, 0.3) is 18.2 Å². The number of aromatic nitrogens is 1. The molecule has 0 aliphatic rings. The van der Waals surface area contributed by atoms with Gasteiger partial charge in [-0.1, -0.05) is 76.7 Å². The topological polar surface area (TPSA) is 75.0 Å². The van der Waals surface area contributed by atoms with Gasteiger partial charge in [0.25, 0.3) is 0 Å². The molecular formula is C41H51N4O4S2+. The molecule has 2 aromatic carbocycles. The van der Waals surface area contributed by atoms with Gasteiger partial charge in [0.15, 0.2) is 12.7 Å². The third-order valence-corrected chi connectivity index (χ3v) is 9.42. The van der Waals surface area contributed by atoms with Crippen molar-refractivity contribution in [3.63, 3.8) is 0 Å². The number of pyridine rings is 1. The van der Waals surface area contributed by atoms with Crippen molar-refractivity contribution < 1.29 is 23.6 Å². The molecule has 1 aromatic heterocycles. The molecule has 0 aliphatic carbocycles. The van der Waals surface area contributed by atoms with E-state index in [-0.39, 0.29) is 23.4 Å². The van der Waals surface area contributed by atoms with Crippen molar-refractivity contribution in [3.05, 3.63) is 132 Å². The fourth-order valence-electron chi connectivity index (χ4n) is 4.48. The van der Waals surface area contributed by atoms with Gasteiger partial charge in [-0.3, -0.25) is 9.59 Å². The van der Waals surface area contributed by atoms with E-state index in [9.17, 15) is 9.59 Å². The van der Waals surface area contributed by atoms with E-state index in [0.717, 1.165) is 34.6 Å². The van der Waals surface area contributed by atoms with E-state index in [4.69, 9.17) is 9.47 Å². The Hall–Kier alpha value is -4.67. The number of nitrogens with one attached hydrogen (secondary N) is 1. The number of esters is 2. The maximum Gasteiger partial charge on any atom is 0.316 e. The first kappa shape index (κ1) is 40.8. The molecule has 0 saturated carbocycles. The van der Waals surface area contributed by atoms with Gasteiger partial charge in [0, 0.05) is 70.7 Å². The lowest BCUT2D eigenvalue weighted by Gasteiger charge is -2.11. The van der Waals surface area contributed by atoms with Crippen LogP contribution in [-0.2, 0) is 25.6 Å². The molecule has 0 fully saturated rings. The summed E-state index contributed by atoms with van der Waals surface area (Å²) in [7, 11) is 10.7. The van der Waals surface area contributed by atoms with Gasteiger partial charge >= 0.3 is 11.9 Å². The number of aryl methyl sites for hydroxylation is 1. The highest BCUT2D eigenvalue weighted by Crippen LogP contribution is 2.21. The van der Waals surface area contributed by atoms with Crippen LogP contribution in [0.15, 0.2) is 116 Å². The Morgan fingerprint density at radius 3 is 1.94 bits per heavy atom. The third-order valence-electron chi connectivity index (χ3n) is 7.34. The number of carbonyl (C=O) groups excluding carboxylic acids is 2. The van der Waals surface area contributed by atoms with Crippen molar-refractivity contribution in [1.29, 1.82) is 0 Å². The van der Waals surface area contributed by atoms with Crippen molar-refractivity contribution >= 4 is 63.1 Å². The maximum absolute atomic E-state index is 12.2. The molecule has 10 heteroatoms. The largest absolute Gasteiger partial charge is 0.465 e. The van der Waals surface area contributed by atoms with Crippen LogP contribution in [0.4, 0.5) is 11.4 Å². The van der Waals surface area contributed by atoms with Gasteiger partial charge in [-0.15, -0.1) is 0 Å². The second-order valence-electron chi connectivity index (χ2n) is 11.9. The normalized spacial score (nSPS) is 11.5. The van der Waals surface area contributed by atoms with Crippen molar-refractivity contribution in [1.82, 2.24) is 5.32 Å². The summed E-state index contributed by atoms with van der Waals surface area (Å²) in [6.07, 6.45) is 19.2. The van der Waals surface area contributed by atoms with E-state index in [0.29, 0.717) is 32.6 Å². The average Bonchev–Trinajstić information content (AvgIpc) is 3.13. The standard InChI is InChI=1S/C41H51N4O4S2/c1-34(14-15-35-16-21-37(22-17-35)43(2)3)12-6-8-26-42-27-10-30-48-40(46)32-50-51-33-41(47)49-31-11-29-45-28-9-7-13-39(45)25-20-36-18-23-38(24-19-36)44(4)5/h6-9,12-26,28,42H,1,10-11,27,29-33H2,2-5H3/q+1. The molecule has 0 aliphatic heterocycles. The summed E-state index contributed by atoms with van der Waals surface area (Å²) >= 11 is 0. The van der Waals surface area contributed by atoms with Crippen LogP contribution < -0.4 is 19.7 Å². The SMILES string of the molecule is C=C(C=CC=CNCCCOC(=O)CSSCC(=O)OCCC[n+]1ccccc1C=Cc1ccc(N(C)C)cc1)C=Cc1ccc(N(C)C)cc1. The highest BCUT2D eigenvalue weighted by Gasteiger charge is 2.10. The Balaban J connectivity index is 1.18. The quantitative estimate of drug-likeness (QED) is 0.0374. The number of rotatable bonds is 22. The molecule has 1 N–H and O–H groups in total. The van der Waals surface area contributed by atoms with Gasteiger partial charge in [0.2, 0.25) is 5.69 Å². The Bertz CT molecular complexity index is 1630. The number of anilines is 2. The number of allylic oxidation sites excluding steroid dienone is 5. The lowest BCUT2D eigenvalue weighted by Crippen LogP contribution is -2.37. The van der Waals surface area contributed by atoms with Crippen molar-refractivity contribution in [3.8, 4) is 0 Å². The van der Waals surface area contributed by atoms with E-state index in [1.807, 2.05) is 83.1 Å². The monoisotopic (exact) mass is 727 g/mol. The molecule has 270 valence electrons. The lowest BCUT2D eigenvalue weighted by molar-refractivity contribution is -0.699. The first-order valence-electron chi connectivity index (χ1n) is 16.9. The molecule has 0 saturated heterocycles. The number of hydrogen-bond donors (Lipinski definition) is 1. The molecule has 0 bridgehead atoms. The number of ether oxygens (including phenoxy) is 2. The Morgan fingerprint density at radius 1 is 0.745 bits per heavy atom. The molecule has 1 heterocycles. The summed E-state index contributed by atoms with van der Waals surface area (Å²) in [5.41, 5.74) is 6.55. The van der Waals surface area contributed by atoms with E-state index in [2.05, 4.69) is 93.0 Å². The second-order valence-corrected chi connectivity index (χ2v) is 14.3. The van der Waals surface area contributed by atoms with Crippen LogP contribution >= 0.6 is 21.6 Å². The van der Waals surface area contributed by atoms with Crippen LogP contribution in [0.3, 0.4) is 0 Å². The maximum atomic E-state index is 12.2. The number of hydrogen-bond acceptors (Lipinski definition) is 9. The lowest BCUT2D eigenvalue weighted by atomic mass is 10.1. The molecule has 8 nitrogen and oxygen atoms in total. The van der Waals surface area contributed by atoms with Gasteiger partial charge in [0.05, 0.1) is 13.2 Å². The zero-order valence-corrected chi connectivity index (χ0v) is 31.8. The molecule has 3 aromatic rings. The predicted molar refractivity (Wildman–Crippen MR) is 218 cm³/mol. The van der Waals surface area contributed by atoms with Gasteiger partial charge in [0.1, 0.15) is 11.5 Å². The highest BCUT2D eigenvalue weighted by atomic mass is 33.1. The molecule has 0 unspecified atom stereocenters. The Labute approximate surface area is 312 Å². The minimum atomic E-state index is -0.296. The minimum absolute atomic E-state index is 0.177. The minimum Gasteiger partial charge on any atom is -0.465 e. The van der Waals surface area contributed by atoms with Gasteiger partial charge < -0.3 is 24.6 Å². The third kappa shape index (κ3) is 17.2. The molecule has 3 rings (SSSR count). The highest BCUT2D eigenvalue weighted by molar-refractivity contribution is 8.77. The van der Waals surface area contributed by atoms with Crippen LogP contribution in [-0.4, -0.2) is 71.4 Å². The molecule has 0 atom stereocenters. The van der Waals surface area contributed by atoms with Gasteiger partial charge in [-0.2, -0.15) is 4.57 Å². The fourth-order valence-corrected chi connectivity index (χ4v) is 6.09. The number of nitrogens with zero attached hydrogens (tertiary/aromatic N) is 3. The summed E-state index contributed by atoms with van der Waals surface area (Å²) < 4.78 is 12.8. The molecule has 0 radical (unpaired) electrons. The summed E-state index contributed by atoms with van der Waals surface area (Å²) in [5, 5.41) is 3.18. The molecule has 51 heavy (non-hydrogen) atoms.